The average molecular weight is 349 g/mol. The maximum Gasteiger partial charge on any atom is 0.340 e. The second kappa shape index (κ2) is 7.35. The van der Waals surface area contributed by atoms with Crippen LogP contribution in [0.25, 0.3) is 10.9 Å². The summed E-state index contributed by atoms with van der Waals surface area (Å²) >= 11 is 0. The molecule has 0 saturated carbocycles. The number of ether oxygens (including phenoxy) is 2. The fourth-order valence-electron chi connectivity index (χ4n) is 2.87. The molecular weight excluding hydrogens is 330 g/mol. The lowest BCUT2D eigenvalue weighted by Crippen LogP contribution is -2.13. The van der Waals surface area contributed by atoms with Crippen LogP contribution in [0.2, 0.25) is 0 Å². The maximum absolute atomic E-state index is 12.3. The van der Waals surface area contributed by atoms with Crippen molar-refractivity contribution in [1.82, 2.24) is 4.98 Å². The van der Waals surface area contributed by atoms with Gasteiger partial charge in [-0.2, -0.15) is 0 Å². The van der Waals surface area contributed by atoms with Crippen molar-refractivity contribution in [3.63, 3.8) is 0 Å². The van der Waals surface area contributed by atoms with Gasteiger partial charge in [0.1, 0.15) is 12.4 Å². The number of methoxy groups -OCH3 is 1. The molecular formula is C21H19NO4. The van der Waals surface area contributed by atoms with E-state index >= 15 is 0 Å². The number of pyridine rings is 1. The van der Waals surface area contributed by atoms with Crippen molar-refractivity contribution < 1.29 is 19.1 Å². The van der Waals surface area contributed by atoms with Gasteiger partial charge in [-0.3, -0.25) is 4.79 Å². The highest BCUT2D eigenvalue weighted by atomic mass is 16.5. The van der Waals surface area contributed by atoms with Gasteiger partial charge in [0, 0.05) is 10.9 Å². The smallest absolute Gasteiger partial charge is 0.340 e. The van der Waals surface area contributed by atoms with E-state index in [0.717, 1.165) is 16.5 Å². The number of para-hydroxylation sites is 1. The number of aryl methyl sites for hydroxylation is 1. The minimum absolute atomic E-state index is 0.0367. The summed E-state index contributed by atoms with van der Waals surface area (Å²) in [6.07, 6.45) is 0. The standard InChI is InChI=1S/C21H19NO4/c1-13-17-9-4-5-10-18(17)22-19(20(13)21(24)25-3)12-26-16-8-6-7-15(11-16)14(2)23/h4-11H,12H2,1-3H3. The first-order valence-electron chi connectivity index (χ1n) is 8.21. The number of aromatic nitrogens is 1. The lowest BCUT2D eigenvalue weighted by Gasteiger charge is -2.14. The van der Waals surface area contributed by atoms with Crippen LogP contribution in [0.5, 0.6) is 5.75 Å². The van der Waals surface area contributed by atoms with Crippen LogP contribution in [0, 0.1) is 6.92 Å². The van der Waals surface area contributed by atoms with Crippen molar-refractivity contribution >= 4 is 22.7 Å². The van der Waals surface area contributed by atoms with Crippen LogP contribution in [-0.4, -0.2) is 23.8 Å². The molecule has 0 bridgehead atoms. The van der Waals surface area contributed by atoms with Gasteiger partial charge in [-0.05, 0) is 37.6 Å². The second-order valence-corrected chi connectivity index (χ2v) is 5.94. The highest BCUT2D eigenvalue weighted by molar-refractivity contribution is 5.98. The minimum Gasteiger partial charge on any atom is -0.487 e. The van der Waals surface area contributed by atoms with Gasteiger partial charge in [-0.25, -0.2) is 9.78 Å². The molecule has 2 aromatic carbocycles. The third kappa shape index (κ3) is 3.42. The summed E-state index contributed by atoms with van der Waals surface area (Å²) in [7, 11) is 1.35. The van der Waals surface area contributed by atoms with Gasteiger partial charge >= 0.3 is 5.97 Å². The molecule has 0 unspecified atom stereocenters. The van der Waals surface area contributed by atoms with Crippen LogP contribution >= 0.6 is 0 Å². The molecule has 3 rings (SSSR count). The van der Waals surface area contributed by atoms with Crippen molar-refractivity contribution in [3.05, 3.63) is 70.9 Å². The Balaban J connectivity index is 2.00. The van der Waals surface area contributed by atoms with Gasteiger partial charge in [-0.15, -0.1) is 0 Å². The topological polar surface area (TPSA) is 65.5 Å². The van der Waals surface area contributed by atoms with E-state index in [-0.39, 0.29) is 12.4 Å². The number of nitrogens with zero attached hydrogens (tertiary/aromatic N) is 1. The van der Waals surface area contributed by atoms with Crippen LogP contribution in [0.15, 0.2) is 48.5 Å². The summed E-state index contributed by atoms with van der Waals surface area (Å²) in [5, 5.41) is 0.898. The molecule has 0 spiro atoms. The largest absolute Gasteiger partial charge is 0.487 e. The molecule has 0 N–H and O–H groups in total. The molecule has 1 aromatic heterocycles. The number of benzene rings is 2. The first-order valence-corrected chi connectivity index (χ1v) is 8.21. The zero-order valence-electron chi connectivity index (χ0n) is 14.9. The highest BCUT2D eigenvalue weighted by Crippen LogP contribution is 2.25. The molecule has 26 heavy (non-hydrogen) atoms. The van der Waals surface area contributed by atoms with Gasteiger partial charge in [0.25, 0.3) is 0 Å². The summed E-state index contributed by atoms with van der Waals surface area (Å²) in [4.78, 5) is 28.4. The Bertz CT molecular complexity index is 994. The molecule has 0 fully saturated rings. The van der Waals surface area contributed by atoms with Crippen LogP contribution in [-0.2, 0) is 11.3 Å². The molecule has 3 aromatic rings. The molecule has 1 heterocycles. The summed E-state index contributed by atoms with van der Waals surface area (Å²) in [6, 6.07) is 14.5. The zero-order valence-corrected chi connectivity index (χ0v) is 14.9. The number of fused-ring (bicyclic) bond motifs is 1. The Morgan fingerprint density at radius 2 is 1.85 bits per heavy atom. The van der Waals surface area contributed by atoms with E-state index in [4.69, 9.17) is 9.47 Å². The molecule has 5 nitrogen and oxygen atoms in total. The maximum atomic E-state index is 12.3. The van der Waals surface area contributed by atoms with E-state index in [2.05, 4.69) is 4.98 Å². The van der Waals surface area contributed by atoms with Crippen molar-refractivity contribution in [2.24, 2.45) is 0 Å². The Hall–Kier alpha value is -3.21. The average Bonchev–Trinajstić information content (AvgIpc) is 2.66. The molecule has 0 aliphatic rings. The molecule has 132 valence electrons. The lowest BCUT2D eigenvalue weighted by atomic mass is 10.0. The molecule has 0 aliphatic heterocycles. The van der Waals surface area contributed by atoms with Crippen LogP contribution in [0.3, 0.4) is 0 Å². The number of carbonyl (C=O) groups excluding carboxylic acids is 2. The zero-order chi connectivity index (χ0) is 18.7. The summed E-state index contributed by atoms with van der Waals surface area (Å²) in [5.74, 6) is 0.0586. The third-order valence-corrected chi connectivity index (χ3v) is 4.23. The number of Topliss-reactive ketones (excluding diaryl/α,β-unsaturated/α-hetero) is 1. The van der Waals surface area contributed by atoms with E-state index in [1.165, 1.54) is 14.0 Å². The predicted molar refractivity (Wildman–Crippen MR) is 98.6 cm³/mol. The molecule has 0 aliphatic carbocycles. The van der Waals surface area contributed by atoms with Crippen LogP contribution in [0.1, 0.15) is 38.9 Å². The van der Waals surface area contributed by atoms with E-state index in [1.807, 2.05) is 31.2 Å². The molecule has 0 amide bonds. The summed E-state index contributed by atoms with van der Waals surface area (Å²) < 4.78 is 10.7. The SMILES string of the molecule is COC(=O)c1c(COc2cccc(C(C)=O)c2)nc2ccccc2c1C. The fraction of sp³-hybridized carbons (Fsp3) is 0.190. The number of hydrogen-bond donors (Lipinski definition) is 0. The van der Waals surface area contributed by atoms with E-state index in [9.17, 15) is 9.59 Å². The number of ketones is 1. The van der Waals surface area contributed by atoms with Gasteiger partial charge in [0.15, 0.2) is 5.78 Å². The predicted octanol–water partition coefficient (Wildman–Crippen LogP) is 4.11. The van der Waals surface area contributed by atoms with Gasteiger partial charge < -0.3 is 9.47 Å². The van der Waals surface area contributed by atoms with E-state index < -0.39 is 5.97 Å². The Morgan fingerprint density at radius 1 is 1.08 bits per heavy atom. The van der Waals surface area contributed by atoms with Crippen molar-refractivity contribution in [2.45, 2.75) is 20.5 Å². The van der Waals surface area contributed by atoms with Gasteiger partial charge in [-0.1, -0.05) is 30.3 Å². The summed E-state index contributed by atoms with van der Waals surface area (Å²) in [5.41, 5.74) is 3.07. The van der Waals surface area contributed by atoms with Crippen molar-refractivity contribution in [1.29, 1.82) is 0 Å². The Labute approximate surface area is 151 Å². The van der Waals surface area contributed by atoms with Crippen molar-refractivity contribution in [3.8, 4) is 5.75 Å². The number of rotatable bonds is 5. The van der Waals surface area contributed by atoms with Gasteiger partial charge in [0.05, 0.1) is 23.9 Å². The molecule has 0 saturated heterocycles. The lowest BCUT2D eigenvalue weighted by molar-refractivity contribution is 0.0596. The van der Waals surface area contributed by atoms with E-state index in [1.54, 1.807) is 24.3 Å². The van der Waals surface area contributed by atoms with Crippen LogP contribution in [0.4, 0.5) is 0 Å². The highest BCUT2D eigenvalue weighted by Gasteiger charge is 2.19. The third-order valence-electron chi connectivity index (χ3n) is 4.23. The number of hydrogen-bond acceptors (Lipinski definition) is 5. The first kappa shape index (κ1) is 17.6. The monoisotopic (exact) mass is 349 g/mol. The normalized spacial score (nSPS) is 10.6. The van der Waals surface area contributed by atoms with Crippen LogP contribution < -0.4 is 4.74 Å². The second-order valence-electron chi connectivity index (χ2n) is 5.94. The summed E-state index contributed by atoms with van der Waals surface area (Å²) in [6.45, 7) is 3.47. The first-order chi connectivity index (χ1) is 12.5. The van der Waals surface area contributed by atoms with E-state index in [0.29, 0.717) is 22.6 Å². The fourth-order valence-corrected chi connectivity index (χ4v) is 2.87. The van der Waals surface area contributed by atoms with Gasteiger partial charge in [0.2, 0.25) is 0 Å². The number of carbonyl (C=O) groups is 2. The Kier molecular flexibility index (Phi) is 4.98. The quantitative estimate of drug-likeness (QED) is 0.512. The minimum atomic E-state index is -0.447. The van der Waals surface area contributed by atoms with Crippen molar-refractivity contribution in [2.75, 3.05) is 7.11 Å². The molecule has 0 atom stereocenters. The number of esters is 1. The molecule has 0 radical (unpaired) electrons. The molecule has 5 heteroatoms. The Morgan fingerprint density at radius 3 is 2.58 bits per heavy atom.